The molecule has 1 aliphatic heterocycles. The Morgan fingerprint density at radius 3 is 2.62 bits per heavy atom. The molecule has 2 atom stereocenters. The van der Waals surface area contributed by atoms with Crippen LogP contribution >= 0.6 is 0 Å². The van der Waals surface area contributed by atoms with Crippen LogP contribution in [0, 0.1) is 5.82 Å². The third kappa shape index (κ3) is 3.69. The van der Waals surface area contributed by atoms with Crippen LogP contribution < -0.4 is 4.74 Å². The van der Waals surface area contributed by atoms with Crippen molar-refractivity contribution in [2.45, 2.75) is 18.6 Å². The molecule has 2 unspecified atom stereocenters. The van der Waals surface area contributed by atoms with Gasteiger partial charge in [-0.1, -0.05) is 0 Å². The van der Waals surface area contributed by atoms with Gasteiger partial charge in [-0.25, -0.2) is 9.18 Å². The summed E-state index contributed by atoms with van der Waals surface area (Å²) in [4.78, 5) is 24.5. The number of rotatable bonds is 5. The predicted molar refractivity (Wildman–Crippen MR) is 70.4 cm³/mol. The molecule has 0 bridgehead atoms. The van der Waals surface area contributed by atoms with Crippen LogP contribution in [0.5, 0.6) is 5.75 Å². The number of aliphatic carboxylic acids is 1. The second-order valence-corrected chi connectivity index (χ2v) is 4.74. The Balaban J connectivity index is 1.95. The number of ether oxygens (including phenoxy) is 2. The number of carboxylic acids is 1. The van der Waals surface area contributed by atoms with E-state index in [0.29, 0.717) is 5.75 Å². The van der Waals surface area contributed by atoms with E-state index < -0.39 is 23.7 Å². The average Bonchev–Trinajstić information content (AvgIpc) is 2.91. The summed E-state index contributed by atoms with van der Waals surface area (Å²) in [6, 6.07) is 4.34. The van der Waals surface area contributed by atoms with E-state index in [9.17, 15) is 14.0 Å². The quantitative estimate of drug-likeness (QED) is 0.874. The number of carboxylic acid groups (broad SMARTS) is 1. The van der Waals surface area contributed by atoms with E-state index in [4.69, 9.17) is 14.6 Å². The number of hydrogen-bond acceptors (Lipinski definition) is 4. The summed E-state index contributed by atoms with van der Waals surface area (Å²) in [5.74, 6) is -1.56. The highest BCUT2D eigenvalue weighted by Gasteiger charge is 2.39. The van der Waals surface area contributed by atoms with Crippen LogP contribution in [-0.2, 0) is 14.3 Å². The van der Waals surface area contributed by atoms with Crippen molar-refractivity contribution in [2.24, 2.45) is 0 Å². The third-order valence-corrected chi connectivity index (χ3v) is 3.38. The summed E-state index contributed by atoms with van der Waals surface area (Å²) in [5, 5.41) is 9.13. The summed E-state index contributed by atoms with van der Waals surface area (Å²) < 4.78 is 23.1. The van der Waals surface area contributed by atoms with Gasteiger partial charge in [-0.15, -0.1) is 0 Å². The van der Waals surface area contributed by atoms with E-state index in [1.807, 2.05) is 0 Å². The predicted octanol–water partition coefficient (Wildman–Crippen LogP) is 0.905. The van der Waals surface area contributed by atoms with Crippen LogP contribution in [-0.4, -0.2) is 54.3 Å². The summed E-state index contributed by atoms with van der Waals surface area (Å²) in [7, 11) is 1.48. The molecule has 2 rings (SSSR count). The van der Waals surface area contributed by atoms with Crippen LogP contribution in [0.2, 0.25) is 0 Å². The minimum atomic E-state index is -1.07. The van der Waals surface area contributed by atoms with Crippen molar-refractivity contribution in [1.82, 2.24) is 4.90 Å². The molecule has 0 aromatic heterocycles. The van der Waals surface area contributed by atoms with E-state index in [-0.39, 0.29) is 25.7 Å². The van der Waals surface area contributed by atoms with Crippen LogP contribution in [0.4, 0.5) is 4.39 Å². The number of hydrogen-bond donors (Lipinski definition) is 1. The first-order chi connectivity index (χ1) is 10.0. The van der Waals surface area contributed by atoms with E-state index in [2.05, 4.69) is 0 Å². The second-order valence-electron chi connectivity index (χ2n) is 4.74. The van der Waals surface area contributed by atoms with Crippen molar-refractivity contribution < 1.29 is 28.6 Å². The first-order valence-corrected chi connectivity index (χ1v) is 6.44. The van der Waals surface area contributed by atoms with E-state index in [0.717, 1.165) is 0 Å². The maximum atomic E-state index is 12.7. The van der Waals surface area contributed by atoms with Crippen LogP contribution in [0.25, 0.3) is 0 Å². The molecule has 6 nitrogen and oxygen atoms in total. The van der Waals surface area contributed by atoms with Crippen LogP contribution in [0.15, 0.2) is 24.3 Å². The molecule has 1 heterocycles. The zero-order valence-electron chi connectivity index (χ0n) is 11.5. The lowest BCUT2D eigenvalue weighted by atomic mass is 10.2. The van der Waals surface area contributed by atoms with Gasteiger partial charge >= 0.3 is 5.97 Å². The molecule has 1 aromatic rings. The fourth-order valence-electron chi connectivity index (χ4n) is 2.24. The van der Waals surface area contributed by atoms with Crippen molar-refractivity contribution in [3.8, 4) is 5.75 Å². The van der Waals surface area contributed by atoms with Gasteiger partial charge in [-0.3, -0.25) is 4.79 Å². The number of benzene rings is 1. The molecular formula is C14H16FNO5. The van der Waals surface area contributed by atoms with Gasteiger partial charge in [0.25, 0.3) is 5.91 Å². The molecule has 1 saturated heterocycles. The molecule has 0 saturated carbocycles. The molecule has 0 spiro atoms. The minimum Gasteiger partial charge on any atom is -0.484 e. The van der Waals surface area contributed by atoms with Gasteiger partial charge in [0, 0.05) is 20.1 Å². The first kappa shape index (κ1) is 15.2. The summed E-state index contributed by atoms with van der Waals surface area (Å²) in [6.45, 7) is -0.0784. The fourth-order valence-corrected chi connectivity index (χ4v) is 2.24. The number of amides is 1. The largest absolute Gasteiger partial charge is 0.484 e. The summed E-state index contributed by atoms with van der Waals surface area (Å²) >= 11 is 0. The van der Waals surface area contributed by atoms with Gasteiger partial charge in [0.1, 0.15) is 17.6 Å². The SMILES string of the molecule is COC1CC(C(=O)O)N(C(=O)COc2ccc(F)cc2)C1. The molecular weight excluding hydrogens is 281 g/mol. The van der Waals surface area contributed by atoms with E-state index in [1.54, 1.807) is 0 Å². The Morgan fingerprint density at radius 2 is 2.05 bits per heavy atom. The maximum absolute atomic E-state index is 12.7. The Hall–Kier alpha value is -2.15. The molecule has 7 heteroatoms. The zero-order valence-corrected chi connectivity index (χ0v) is 11.5. The summed E-state index contributed by atoms with van der Waals surface area (Å²) in [6.07, 6.45) is -0.0328. The lowest BCUT2D eigenvalue weighted by Crippen LogP contribution is -2.43. The molecule has 1 amide bonds. The van der Waals surface area contributed by atoms with E-state index >= 15 is 0 Å². The molecule has 0 radical (unpaired) electrons. The van der Waals surface area contributed by atoms with Crippen molar-refractivity contribution in [2.75, 3.05) is 20.3 Å². The molecule has 0 aliphatic carbocycles. The fraction of sp³-hybridized carbons (Fsp3) is 0.429. The first-order valence-electron chi connectivity index (χ1n) is 6.44. The second kappa shape index (κ2) is 6.53. The third-order valence-electron chi connectivity index (χ3n) is 3.38. The molecule has 114 valence electrons. The highest BCUT2D eigenvalue weighted by molar-refractivity contribution is 5.85. The Morgan fingerprint density at radius 1 is 1.38 bits per heavy atom. The smallest absolute Gasteiger partial charge is 0.326 e. The van der Waals surface area contributed by atoms with Gasteiger partial charge in [-0.05, 0) is 24.3 Å². The lowest BCUT2D eigenvalue weighted by molar-refractivity contribution is -0.148. The topological polar surface area (TPSA) is 76.1 Å². The monoisotopic (exact) mass is 297 g/mol. The maximum Gasteiger partial charge on any atom is 0.326 e. The minimum absolute atomic E-state index is 0.221. The number of methoxy groups -OCH3 is 1. The molecule has 1 aliphatic rings. The van der Waals surface area contributed by atoms with Crippen molar-refractivity contribution in [3.63, 3.8) is 0 Å². The highest BCUT2D eigenvalue weighted by atomic mass is 19.1. The number of carbonyl (C=O) groups excluding carboxylic acids is 1. The van der Waals surface area contributed by atoms with E-state index in [1.165, 1.54) is 36.3 Å². The van der Waals surface area contributed by atoms with Gasteiger partial charge < -0.3 is 19.5 Å². The van der Waals surface area contributed by atoms with Crippen molar-refractivity contribution in [1.29, 1.82) is 0 Å². The number of carbonyl (C=O) groups is 2. The number of halogens is 1. The van der Waals surface area contributed by atoms with Crippen molar-refractivity contribution >= 4 is 11.9 Å². The van der Waals surface area contributed by atoms with Gasteiger partial charge in [0.2, 0.25) is 0 Å². The summed E-state index contributed by atoms with van der Waals surface area (Å²) in [5.41, 5.74) is 0. The molecule has 1 fully saturated rings. The molecule has 1 aromatic carbocycles. The Kier molecular flexibility index (Phi) is 4.74. The highest BCUT2D eigenvalue weighted by Crippen LogP contribution is 2.21. The number of likely N-dealkylation sites (tertiary alicyclic amines) is 1. The van der Waals surface area contributed by atoms with Crippen LogP contribution in [0.3, 0.4) is 0 Å². The number of nitrogens with zero attached hydrogens (tertiary/aromatic N) is 1. The standard InChI is InChI=1S/C14H16FNO5/c1-20-11-6-12(14(18)19)16(7-11)13(17)8-21-10-4-2-9(15)3-5-10/h2-5,11-12H,6-8H2,1H3,(H,18,19). The van der Waals surface area contributed by atoms with Gasteiger partial charge in [0.05, 0.1) is 6.10 Å². The van der Waals surface area contributed by atoms with Crippen LogP contribution in [0.1, 0.15) is 6.42 Å². The average molecular weight is 297 g/mol. The van der Waals surface area contributed by atoms with Gasteiger partial charge in [0.15, 0.2) is 6.61 Å². The Labute approximate surface area is 121 Å². The van der Waals surface area contributed by atoms with Gasteiger partial charge in [-0.2, -0.15) is 0 Å². The van der Waals surface area contributed by atoms with Crippen molar-refractivity contribution in [3.05, 3.63) is 30.1 Å². The normalized spacial score (nSPS) is 21.3. The lowest BCUT2D eigenvalue weighted by Gasteiger charge is -2.21. The zero-order chi connectivity index (χ0) is 15.4. The molecule has 1 N–H and O–H groups in total. The Bertz CT molecular complexity index is 519. The molecule has 21 heavy (non-hydrogen) atoms.